The molecule has 0 saturated carbocycles. The van der Waals surface area contributed by atoms with E-state index in [0.29, 0.717) is 23.0 Å². The molecule has 0 aliphatic heterocycles. The number of benzene rings is 8. The lowest BCUT2D eigenvalue weighted by molar-refractivity contribution is 1.06. The molecule has 0 aliphatic rings. The Balaban J connectivity index is 1.30. The molecule has 2 aromatic heterocycles. The van der Waals surface area contributed by atoms with E-state index in [4.69, 9.17) is 15.0 Å². The van der Waals surface area contributed by atoms with E-state index in [1.54, 1.807) is 0 Å². The summed E-state index contributed by atoms with van der Waals surface area (Å²) in [6.45, 7) is 0. The van der Waals surface area contributed by atoms with Gasteiger partial charge in [0.05, 0.1) is 28.4 Å². The molecular weight excluding hydrogens is 695 g/mol. The highest BCUT2D eigenvalue weighted by molar-refractivity contribution is 6.11. The molecule has 0 fully saturated rings. The Labute approximate surface area is 330 Å². The first kappa shape index (κ1) is 33.6. The van der Waals surface area contributed by atoms with E-state index in [0.717, 1.165) is 77.6 Å². The highest BCUT2D eigenvalue weighted by atomic mass is 15.1. The van der Waals surface area contributed by atoms with Crippen LogP contribution in [0.3, 0.4) is 0 Å². The van der Waals surface area contributed by atoms with E-state index < -0.39 is 0 Å². The maximum absolute atomic E-state index is 9.56. The Hall–Kier alpha value is -7.94. The fraction of sp³-hybridized carbons (Fsp3) is 0. The molecule has 266 valence electrons. The van der Waals surface area contributed by atoms with Crippen molar-refractivity contribution in [3.63, 3.8) is 0 Å². The van der Waals surface area contributed by atoms with Crippen LogP contribution in [-0.4, -0.2) is 19.5 Å². The lowest BCUT2D eigenvalue weighted by atomic mass is 9.99. The highest BCUT2D eigenvalue weighted by Crippen LogP contribution is 2.41. The fourth-order valence-corrected chi connectivity index (χ4v) is 7.65. The second-order valence-corrected chi connectivity index (χ2v) is 14.0. The predicted octanol–water partition coefficient (Wildman–Crippen LogP) is 12.8. The molecule has 0 amide bonds. The van der Waals surface area contributed by atoms with Crippen LogP contribution in [-0.2, 0) is 0 Å². The summed E-state index contributed by atoms with van der Waals surface area (Å²) in [4.78, 5) is 15.5. The van der Waals surface area contributed by atoms with Crippen LogP contribution >= 0.6 is 0 Å². The van der Waals surface area contributed by atoms with E-state index in [9.17, 15) is 5.26 Å². The Bertz CT molecular complexity index is 2940. The van der Waals surface area contributed by atoms with Crippen molar-refractivity contribution < 1.29 is 0 Å². The predicted molar refractivity (Wildman–Crippen MR) is 231 cm³/mol. The Morgan fingerprint density at radius 1 is 0.351 bits per heavy atom. The summed E-state index contributed by atoms with van der Waals surface area (Å²) in [6.07, 6.45) is 0. The minimum atomic E-state index is 0.557. The molecule has 0 saturated heterocycles. The van der Waals surface area contributed by atoms with Crippen molar-refractivity contribution in [2.75, 3.05) is 0 Å². The van der Waals surface area contributed by atoms with Gasteiger partial charge in [0, 0.05) is 27.5 Å². The second kappa shape index (κ2) is 14.4. The van der Waals surface area contributed by atoms with Crippen molar-refractivity contribution in [1.29, 1.82) is 5.26 Å². The van der Waals surface area contributed by atoms with Crippen molar-refractivity contribution in [2.45, 2.75) is 0 Å². The van der Waals surface area contributed by atoms with Crippen molar-refractivity contribution in [3.05, 3.63) is 206 Å². The third kappa shape index (κ3) is 6.32. The molecule has 0 bridgehead atoms. The first-order chi connectivity index (χ1) is 28.2. The summed E-state index contributed by atoms with van der Waals surface area (Å²) in [6, 6.07) is 71.1. The number of fused-ring (bicyclic) bond motifs is 3. The van der Waals surface area contributed by atoms with Crippen LogP contribution in [0.5, 0.6) is 0 Å². The molecule has 0 N–H and O–H groups in total. The van der Waals surface area contributed by atoms with Crippen molar-refractivity contribution in [3.8, 4) is 79.3 Å². The van der Waals surface area contributed by atoms with E-state index in [-0.39, 0.29) is 0 Å². The zero-order valence-corrected chi connectivity index (χ0v) is 30.8. The van der Waals surface area contributed by atoms with Crippen LogP contribution in [0.15, 0.2) is 200 Å². The second-order valence-electron chi connectivity index (χ2n) is 14.0. The third-order valence-corrected chi connectivity index (χ3v) is 10.5. The van der Waals surface area contributed by atoms with Gasteiger partial charge in [-0.3, -0.25) is 0 Å². The number of hydrogen-bond donors (Lipinski definition) is 0. The van der Waals surface area contributed by atoms with Gasteiger partial charge in [0.15, 0.2) is 17.5 Å². The van der Waals surface area contributed by atoms with Crippen molar-refractivity contribution in [1.82, 2.24) is 19.5 Å². The van der Waals surface area contributed by atoms with Crippen LogP contribution in [0.1, 0.15) is 5.56 Å². The molecule has 0 unspecified atom stereocenters. The monoisotopic (exact) mass is 727 g/mol. The van der Waals surface area contributed by atoms with Gasteiger partial charge in [-0.15, -0.1) is 0 Å². The minimum Gasteiger partial charge on any atom is -0.308 e. The largest absolute Gasteiger partial charge is 0.308 e. The summed E-state index contributed by atoms with van der Waals surface area (Å²) in [5.74, 6) is 1.74. The van der Waals surface area contributed by atoms with Crippen LogP contribution in [0.2, 0.25) is 0 Å². The minimum absolute atomic E-state index is 0.557. The summed E-state index contributed by atoms with van der Waals surface area (Å²) in [5, 5.41) is 11.9. The molecule has 2 heterocycles. The summed E-state index contributed by atoms with van der Waals surface area (Å²) in [7, 11) is 0. The van der Waals surface area contributed by atoms with Gasteiger partial charge in [0.25, 0.3) is 0 Å². The standard InChI is InChI=1S/C52H33N5/c53-34-35-21-23-38(24-22-35)41-27-30-47(46(31-41)52-55-50(39-17-9-3-10-18-39)54-51(56-52)40-19-11-4-12-20-40)57-48-32-42(36-13-5-1-6-14-36)25-28-44(48)45-29-26-43(33-49(45)57)37-15-7-2-8-16-37/h1-33H. The van der Waals surface area contributed by atoms with Gasteiger partial charge in [0.2, 0.25) is 0 Å². The molecule has 0 spiro atoms. The molecule has 0 atom stereocenters. The summed E-state index contributed by atoms with van der Waals surface area (Å²) < 4.78 is 2.37. The molecule has 8 aromatic carbocycles. The van der Waals surface area contributed by atoms with E-state index in [2.05, 4.69) is 114 Å². The Morgan fingerprint density at radius 3 is 1.21 bits per heavy atom. The molecule has 5 nitrogen and oxygen atoms in total. The van der Waals surface area contributed by atoms with Crippen molar-refractivity contribution in [2.24, 2.45) is 0 Å². The van der Waals surface area contributed by atoms with Gasteiger partial charge in [-0.2, -0.15) is 5.26 Å². The van der Waals surface area contributed by atoms with Crippen molar-refractivity contribution >= 4 is 21.8 Å². The normalized spacial score (nSPS) is 11.1. The first-order valence-corrected chi connectivity index (χ1v) is 18.9. The van der Waals surface area contributed by atoms with Gasteiger partial charge in [-0.1, -0.05) is 164 Å². The maximum Gasteiger partial charge on any atom is 0.166 e. The average Bonchev–Trinajstić information content (AvgIpc) is 3.62. The fourth-order valence-electron chi connectivity index (χ4n) is 7.65. The van der Waals surface area contributed by atoms with E-state index in [1.165, 1.54) is 0 Å². The first-order valence-electron chi connectivity index (χ1n) is 18.9. The van der Waals surface area contributed by atoms with Crippen LogP contribution in [0.4, 0.5) is 0 Å². The highest BCUT2D eigenvalue weighted by Gasteiger charge is 2.21. The summed E-state index contributed by atoms with van der Waals surface area (Å²) in [5.41, 5.74) is 12.9. The van der Waals surface area contributed by atoms with Crippen LogP contribution in [0, 0.1) is 11.3 Å². The number of aromatic nitrogens is 4. The number of rotatable bonds is 7. The van der Waals surface area contributed by atoms with Gasteiger partial charge >= 0.3 is 0 Å². The third-order valence-electron chi connectivity index (χ3n) is 10.5. The van der Waals surface area contributed by atoms with E-state index in [1.807, 2.05) is 97.1 Å². The molecule has 5 heteroatoms. The topological polar surface area (TPSA) is 67.4 Å². The van der Waals surface area contributed by atoms with Crippen LogP contribution < -0.4 is 0 Å². The molecule has 10 rings (SSSR count). The average molecular weight is 728 g/mol. The van der Waals surface area contributed by atoms with E-state index >= 15 is 0 Å². The zero-order valence-electron chi connectivity index (χ0n) is 30.8. The molecule has 10 aromatic rings. The quantitative estimate of drug-likeness (QED) is 0.164. The maximum atomic E-state index is 9.56. The smallest absolute Gasteiger partial charge is 0.166 e. The van der Waals surface area contributed by atoms with Crippen LogP contribution in [0.25, 0.3) is 95.0 Å². The van der Waals surface area contributed by atoms with Gasteiger partial charge in [0.1, 0.15) is 0 Å². The molecule has 57 heavy (non-hydrogen) atoms. The number of nitrogens with zero attached hydrogens (tertiary/aromatic N) is 5. The zero-order chi connectivity index (χ0) is 38.1. The van der Waals surface area contributed by atoms with Gasteiger partial charge < -0.3 is 4.57 Å². The molecule has 0 aliphatic carbocycles. The Morgan fingerprint density at radius 2 is 0.737 bits per heavy atom. The Kier molecular flexibility index (Phi) is 8.48. The molecule has 0 radical (unpaired) electrons. The number of hydrogen-bond acceptors (Lipinski definition) is 4. The number of nitriles is 1. The molecular formula is C52H33N5. The summed E-state index contributed by atoms with van der Waals surface area (Å²) >= 11 is 0. The lowest BCUT2D eigenvalue weighted by Crippen LogP contribution is -2.04. The van der Waals surface area contributed by atoms with Gasteiger partial charge in [-0.05, 0) is 69.8 Å². The SMILES string of the molecule is N#Cc1ccc(-c2ccc(-n3c4cc(-c5ccccc5)ccc4c4ccc(-c5ccccc5)cc43)c(-c3nc(-c4ccccc4)nc(-c4ccccc4)n3)c2)cc1. The van der Waals surface area contributed by atoms with Gasteiger partial charge in [-0.25, -0.2) is 15.0 Å². The lowest BCUT2D eigenvalue weighted by Gasteiger charge is -2.17.